The minimum atomic E-state index is -0.913. The number of rotatable bonds is 2. The topological polar surface area (TPSA) is 63.3 Å². The molecule has 0 saturated carbocycles. The lowest BCUT2D eigenvalue weighted by Crippen LogP contribution is -2.38. The molecule has 0 bridgehead atoms. The molecule has 3 N–H and O–H groups in total. The van der Waals surface area contributed by atoms with E-state index in [-0.39, 0.29) is 5.92 Å². The van der Waals surface area contributed by atoms with Gasteiger partial charge in [-0.05, 0) is 6.42 Å². The molecule has 2 atom stereocenters. The molecule has 0 aromatic rings. The van der Waals surface area contributed by atoms with Crippen LogP contribution in [0.5, 0.6) is 0 Å². The molecule has 2 unspecified atom stereocenters. The Morgan fingerprint density at radius 3 is 2.56 bits per heavy atom. The van der Waals surface area contributed by atoms with Crippen molar-refractivity contribution in [1.82, 2.24) is 0 Å². The lowest BCUT2D eigenvalue weighted by molar-refractivity contribution is -0.139. The van der Waals surface area contributed by atoms with Crippen LogP contribution in [-0.2, 0) is 4.79 Å². The zero-order valence-corrected chi connectivity index (χ0v) is 4.95. The molecular weight excluding hydrogens is 118 g/mol. The molecule has 1 rings (SSSR count). The Labute approximate surface area is 53.2 Å². The van der Waals surface area contributed by atoms with E-state index in [1.807, 2.05) is 12.2 Å². The number of allylic oxidation sites excluding steroid dienone is 1. The second-order valence-electron chi connectivity index (χ2n) is 2.19. The number of carbonyl (C=O) groups is 1. The van der Waals surface area contributed by atoms with E-state index in [1.165, 1.54) is 0 Å². The van der Waals surface area contributed by atoms with Gasteiger partial charge in [0, 0.05) is 5.92 Å². The molecule has 0 aromatic carbocycles. The van der Waals surface area contributed by atoms with Crippen LogP contribution in [0.25, 0.3) is 0 Å². The first-order valence-corrected chi connectivity index (χ1v) is 2.87. The number of nitrogens with two attached hydrogens (primary N) is 1. The van der Waals surface area contributed by atoms with Gasteiger partial charge in [0.25, 0.3) is 0 Å². The SMILES string of the molecule is NC(C(=O)O)C1C=CC1. The van der Waals surface area contributed by atoms with E-state index >= 15 is 0 Å². The Hall–Kier alpha value is -0.830. The number of hydrogen-bond acceptors (Lipinski definition) is 2. The van der Waals surface area contributed by atoms with Gasteiger partial charge in [-0.3, -0.25) is 4.79 Å². The zero-order valence-electron chi connectivity index (χ0n) is 4.95. The summed E-state index contributed by atoms with van der Waals surface area (Å²) in [7, 11) is 0. The van der Waals surface area contributed by atoms with Crippen LogP contribution in [0.2, 0.25) is 0 Å². The van der Waals surface area contributed by atoms with Crippen LogP contribution < -0.4 is 5.73 Å². The van der Waals surface area contributed by atoms with Crippen LogP contribution in [0.3, 0.4) is 0 Å². The van der Waals surface area contributed by atoms with Crippen molar-refractivity contribution >= 4 is 5.97 Å². The maximum Gasteiger partial charge on any atom is 0.321 e. The van der Waals surface area contributed by atoms with E-state index in [9.17, 15) is 4.79 Å². The summed E-state index contributed by atoms with van der Waals surface area (Å²) < 4.78 is 0. The van der Waals surface area contributed by atoms with Gasteiger partial charge in [-0.15, -0.1) is 0 Å². The molecule has 0 aliphatic heterocycles. The summed E-state index contributed by atoms with van der Waals surface area (Å²) >= 11 is 0. The van der Waals surface area contributed by atoms with Gasteiger partial charge in [-0.2, -0.15) is 0 Å². The van der Waals surface area contributed by atoms with E-state index in [4.69, 9.17) is 10.8 Å². The van der Waals surface area contributed by atoms with Gasteiger partial charge in [0.2, 0.25) is 0 Å². The van der Waals surface area contributed by atoms with Crippen molar-refractivity contribution in [1.29, 1.82) is 0 Å². The van der Waals surface area contributed by atoms with Gasteiger partial charge < -0.3 is 10.8 Å². The predicted octanol–water partition coefficient (Wildman–Crippen LogP) is -0.0256. The van der Waals surface area contributed by atoms with Crippen molar-refractivity contribution in [2.45, 2.75) is 12.5 Å². The summed E-state index contributed by atoms with van der Waals surface area (Å²) in [5.41, 5.74) is 5.27. The van der Waals surface area contributed by atoms with Gasteiger partial charge in [0.1, 0.15) is 6.04 Å². The minimum absolute atomic E-state index is 0.0718. The fourth-order valence-corrected chi connectivity index (χ4v) is 0.743. The number of hydrogen-bond donors (Lipinski definition) is 2. The van der Waals surface area contributed by atoms with Crippen LogP contribution in [0.1, 0.15) is 6.42 Å². The molecule has 50 valence electrons. The minimum Gasteiger partial charge on any atom is -0.480 e. The summed E-state index contributed by atoms with van der Waals surface area (Å²) in [6.45, 7) is 0. The van der Waals surface area contributed by atoms with Crippen LogP contribution in [0.15, 0.2) is 12.2 Å². The highest BCUT2D eigenvalue weighted by Gasteiger charge is 2.24. The monoisotopic (exact) mass is 127 g/mol. The second-order valence-corrected chi connectivity index (χ2v) is 2.19. The third-order valence-corrected chi connectivity index (χ3v) is 1.54. The van der Waals surface area contributed by atoms with Gasteiger partial charge in [0.15, 0.2) is 0 Å². The first-order chi connectivity index (χ1) is 4.22. The summed E-state index contributed by atoms with van der Waals surface area (Å²) in [5.74, 6) is -0.841. The molecule has 3 nitrogen and oxygen atoms in total. The molecule has 0 radical (unpaired) electrons. The third kappa shape index (κ3) is 1.10. The molecule has 3 heteroatoms. The first-order valence-electron chi connectivity index (χ1n) is 2.87. The summed E-state index contributed by atoms with van der Waals surface area (Å²) in [4.78, 5) is 10.2. The fourth-order valence-electron chi connectivity index (χ4n) is 0.743. The van der Waals surface area contributed by atoms with Crippen molar-refractivity contribution in [3.05, 3.63) is 12.2 Å². The molecule has 0 amide bonds. The van der Waals surface area contributed by atoms with Crippen LogP contribution in [0.4, 0.5) is 0 Å². The van der Waals surface area contributed by atoms with Gasteiger partial charge >= 0.3 is 5.97 Å². The number of aliphatic carboxylic acids is 1. The van der Waals surface area contributed by atoms with E-state index in [0.717, 1.165) is 6.42 Å². The largest absolute Gasteiger partial charge is 0.480 e. The highest BCUT2D eigenvalue weighted by atomic mass is 16.4. The Bertz CT molecular complexity index is 153. The maximum absolute atomic E-state index is 10.2. The molecule has 0 aromatic heterocycles. The molecule has 0 spiro atoms. The smallest absolute Gasteiger partial charge is 0.321 e. The highest BCUT2D eigenvalue weighted by Crippen LogP contribution is 2.19. The fraction of sp³-hybridized carbons (Fsp3) is 0.500. The van der Waals surface area contributed by atoms with Gasteiger partial charge in [0.05, 0.1) is 0 Å². The average Bonchev–Trinajstić information content (AvgIpc) is 1.60. The number of carboxylic acid groups (broad SMARTS) is 1. The summed E-state index contributed by atoms with van der Waals surface area (Å²) in [6.07, 6.45) is 4.57. The summed E-state index contributed by atoms with van der Waals surface area (Å²) in [5, 5.41) is 8.36. The Morgan fingerprint density at radius 1 is 1.89 bits per heavy atom. The van der Waals surface area contributed by atoms with Crippen LogP contribution in [-0.4, -0.2) is 17.1 Å². The molecule has 9 heavy (non-hydrogen) atoms. The van der Waals surface area contributed by atoms with Crippen molar-refractivity contribution in [3.8, 4) is 0 Å². The maximum atomic E-state index is 10.2. The van der Waals surface area contributed by atoms with Gasteiger partial charge in [-0.1, -0.05) is 12.2 Å². The van der Waals surface area contributed by atoms with Crippen LogP contribution >= 0.6 is 0 Å². The Balaban J connectivity index is 2.42. The third-order valence-electron chi connectivity index (χ3n) is 1.54. The molecule has 0 fully saturated rings. The van der Waals surface area contributed by atoms with E-state index in [0.29, 0.717) is 0 Å². The molecule has 0 heterocycles. The Morgan fingerprint density at radius 2 is 2.44 bits per heavy atom. The van der Waals surface area contributed by atoms with Gasteiger partial charge in [-0.25, -0.2) is 0 Å². The normalized spacial score (nSPS) is 27.0. The zero-order chi connectivity index (χ0) is 6.85. The quantitative estimate of drug-likeness (QED) is 0.512. The highest BCUT2D eigenvalue weighted by molar-refractivity contribution is 5.74. The molecule has 0 saturated heterocycles. The van der Waals surface area contributed by atoms with Crippen molar-refractivity contribution in [3.63, 3.8) is 0 Å². The van der Waals surface area contributed by atoms with Crippen molar-refractivity contribution in [2.24, 2.45) is 11.7 Å². The van der Waals surface area contributed by atoms with Crippen molar-refractivity contribution in [2.75, 3.05) is 0 Å². The first kappa shape index (κ1) is 6.29. The average molecular weight is 127 g/mol. The lowest BCUT2D eigenvalue weighted by atomic mass is 9.88. The van der Waals surface area contributed by atoms with E-state index in [1.54, 1.807) is 0 Å². The summed E-state index contributed by atoms with van der Waals surface area (Å²) in [6, 6.07) is -0.699. The predicted molar refractivity (Wildman–Crippen MR) is 32.9 cm³/mol. The standard InChI is InChI=1S/C6H9NO2/c7-5(6(8)9)4-2-1-3-4/h1-2,4-5H,3,7H2,(H,8,9). The Kier molecular flexibility index (Phi) is 1.53. The molecule has 1 aliphatic carbocycles. The second kappa shape index (κ2) is 2.19. The van der Waals surface area contributed by atoms with Crippen molar-refractivity contribution < 1.29 is 9.90 Å². The molecular formula is C6H9NO2. The lowest BCUT2D eigenvalue weighted by Gasteiger charge is -2.20. The number of carboxylic acids is 1. The van der Waals surface area contributed by atoms with E-state index < -0.39 is 12.0 Å². The van der Waals surface area contributed by atoms with E-state index in [2.05, 4.69) is 0 Å². The molecule has 1 aliphatic rings. The van der Waals surface area contributed by atoms with Crippen LogP contribution in [0, 0.1) is 5.92 Å².